The van der Waals surface area contributed by atoms with Crippen LogP contribution in [0.1, 0.15) is 31.1 Å². The van der Waals surface area contributed by atoms with Crippen LogP contribution in [-0.2, 0) is 17.6 Å². The van der Waals surface area contributed by atoms with Gasteiger partial charge in [-0.15, -0.1) is 24.0 Å². The van der Waals surface area contributed by atoms with Crippen molar-refractivity contribution >= 4 is 35.8 Å². The molecular weight excluding hydrogens is 495 g/mol. The van der Waals surface area contributed by atoms with E-state index in [1.165, 1.54) is 5.56 Å². The van der Waals surface area contributed by atoms with Crippen LogP contribution in [0.4, 0.5) is 0 Å². The first-order chi connectivity index (χ1) is 14.2. The molecule has 1 fully saturated rings. The highest BCUT2D eigenvalue weighted by atomic mass is 127. The number of guanidine groups is 1. The molecule has 30 heavy (non-hydrogen) atoms. The van der Waals surface area contributed by atoms with Gasteiger partial charge < -0.3 is 25.1 Å². The molecular formula is C22H31IN4O3. The van der Waals surface area contributed by atoms with Crippen LogP contribution in [0.5, 0.6) is 5.75 Å². The number of nitrogens with one attached hydrogen (secondary N) is 3. The van der Waals surface area contributed by atoms with E-state index in [1.807, 2.05) is 43.3 Å². The summed E-state index contributed by atoms with van der Waals surface area (Å²) in [6.45, 7) is 4.37. The molecule has 7 nitrogen and oxygen atoms in total. The molecule has 0 atom stereocenters. The zero-order chi connectivity index (χ0) is 20.3. The smallest absolute Gasteiger partial charge is 0.258 e. The third-order valence-corrected chi connectivity index (χ3v) is 4.49. The number of furan rings is 1. The largest absolute Gasteiger partial charge is 0.484 e. The summed E-state index contributed by atoms with van der Waals surface area (Å²) in [5, 5.41) is 9.52. The summed E-state index contributed by atoms with van der Waals surface area (Å²) in [6.07, 6.45) is 5.49. The molecule has 0 bridgehead atoms. The van der Waals surface area contributed by atoms with E-state index < -0.39 is 0 Å². The molecule has 1 saturated carbocycles. The molecule has 3 rings (SSSR count). The second-order valence-electron chi connectivity index (χ2n) is 7.04. The third kappa shape index (κ3) is 9.06. The number of nitrogens with zero attached hydrogens (tertiary/aromatic N) is 1. The predicted molar refractivity (Wildman–Crippen MR) is 129 cm³/mol. The average molecular weight is 526 g/mol. The van der Waals surface area contributed by atoms with E-state index in [2.05, 4.69) is 20.9 Å². The number of amides is 1. The maximum Gasteiger partial charge on any atom is 0.258 e. The molecule has 3 N–H and O–H groups in total. The van der Waals surface area contributed by atoms with Crippen molar-refractivity contribution in [3.8, 4) is 5.75 Å². The van der Waals surface area contributed by atoms with Gasteiger partial charge in [-0.1, -0.05) is 12.1 Å². The van der Waals surface area contributed by atoms with Crippen LogP contribution < -0.4 is 20.7 Å². The molecule has 164 valence electrons. The molecule has 1 amide bonds. The van der Waals surface area contributed by atoms with Crippen molar-refractivity contribution in [3.63, 3.8) is 0 Å². The summed E-state index contributed by atoms with van der Waals surface area (Å²) < 4.78 is 10.9. The van der Waals surface area contributed by atoms with Crippen molar-refractivity contribution in [2.24, 2.45) is 4.99 Å². The third-order valence-electron chi connectivity index (χ3n) is 4.49. The lowest BCUT2D eigenvalue weighted by molar-refractivity contribution is -0.123. The molecule has 8 heteroatoms. The van der Waals surface area contributed by atoms with Gasteiger partial charge in [0.15, 0.2) is 12.6 Å². The molecule has 1 aliphatic carbocycles. The van der Waals surface area contributed by atoms with Gasteiger partial charge in [0.05, 0.1) is 6.26 Å². The number of rotatable bonds is 11. The molecule has 0 spiro atoms. The Hall–Kier alpha value is -2.23. The number of carbonyl (C=O) groups is 1. The fourth-order valence-corrected chi connectivity index (χ4v) is 2.80. The minimum atomic E-state index is -0.0527. The summed E-state index contributed by atoms with van der Waals surface area (Å²) >= 11 is 0. The lowest BCUT2D eigenvalue weighted by Gasteiger charge is -2.11. The fourth-order valence-electron chi connectivity index (χ4n) is 2.80. The first-order valence-electron chi connectivity index (χ1n) is 10.3. The predicted octanol–water partition coefficient (Wildman–Crippen LogP) is 2.90. The monoisotopic (exact) mass is 526 g/mol. The molecule has 0 saturated heterocycles. The second-order valence-corrected chi connectivity index (χ2v) is 7.04. The standard InChI is InChI=1S/C22H30N4O3.HI/c1-2-23-22(25-14-12-19-4-3-15-28-19)24-13-11-17-5-9-20(10-6-17)29-16-21(27)26-18-7-8-18;/h3-6,9-10,15,18H,2,7-8,11-14,16H2,1H3,(H,26,27)(H2,23,24,25);1H. The second kappa shape index (κ2) is 13.1. The highest BCUT2D eigenvalue weighted by Gasteiger charge is 2.23. The Morgan fingerprint density at radius 2 is 1.97 bits per heavy atom. The van der Waals surface area contributed by atoms with Crippen molar-refractivity contribution in [3.05, 3.63) is 54.0 Å². The van der Waals surface area contributed by atoms with Crippen LogP contribution in [-0.4, -0.2) is 44.1 Å². The van der Waals surface area contributed by atoms with E-state index in [9.17, 15) is 4.79 Å². The van der Waals surface area contributed by atoms with Gasteiger partial charge in [0.1, 0.15) is 11.5 Å². The lowest BCUT2D eigenvalue weighted by atomic mass is 10.1. The van der Waals surface area contributed by atoms with Crippen LogP contribution in [0, 0.1) is 0 Å². The fraction of sp³-hybridized carbons (Fsp3) is 0.455. The van der Waals surface area contributed by atoms with Crippen molar-refractivity contribution in [1.29, 1.82) is 0 Å². The van der Waals surface area contributed by atoms with E-state index in [0.29, 0.717) is 18.3 Å². The van der Waals surface area contributed by atoms with Gasteiger partial charge in [0.2, 0.25) is 0 Å². The molecule has 1 aromatic heterocycles. The zero-order valence-corrected chi connectivity index (χ0v) is 19.7. The van der Waals surface area contributed by atoms with Crippen molar-refractivity contribution in [2.75, 3.05) is 26.2 Å². The van der Waals surface area contributed by atoms with Gasteiger partial charge in [-0.05, 0) is 56.0 Å². The maximum atomic E-state index is 11.7. The summed E-state index contributed by atoms with van der Waals surface area (Å²) in [5.41, 5.74) is 1.19. The van der Waals surface area contributed by atoms with E-state index in [4.69, 9.17) is 9.15 Å². The summed E-state index contributed by atoms with van der Waals surface area (Å²) in [4.78, 5) is 16.2. The first-order valence-corrected chi connectivity index (χ1v) is 10.3. The Bertz CT molecular complexity index is 774. The normalized spacial score (nSPS) is 13.3. The topological polar surface area (TPSA) is 87.9 Å². The van der Waals surface area contributed by atoms with Crippen LogP contribution in [0.3, 0.4) is 0 Å². The Balaban J connectivity index is 0.00000320. The van der Waals surface area contributed by atoms with E-state index in [-0.39, 0.29) is 36.5 Å². The minimum Gasteiger partial charge on any atom is -0.484 e. The van der Waals surface area contributed by atoms with Gasteiger partial charge in [-0.2, -0.15) is 0 Å². The van der Waals surface area contributed by atoms with Crippen molar-refractivity contribution in [1.82, 2.24) is 16.0 Å². The molecule has 1 heterocycles. The quantitative estimate of drug-likeness (QED) is 0.238. The number of carbonyl (C=O) groups excluding carboxylic acids is 1. The SMILES string of the molecule is CCNC(=NCCc1ccco1)NCCc1ccc(OCC(=O)NC2CC2)cc1.I. The number of aliphatic imine (C=N–C) groups is 1. The van der Waals surface area contributed by atoms with Crippen LogP contribution in [0.25, 0.3) is 0 Å². The minimum absolute atomic E-state index is 0. The highest BCUT2D eigenvalue weighted by molar-refractivity contribution is 14.0. The Labute approximate surface area is 195 Å². The number of benzene rings is 1. The number of hydrogen-bond donors (Lipinski definition) is 3. The highest BCUT2D eigenvalue weighted by Crippen LogP contribution is 2.18. The molecule has 0 radical (unpaired) electrons. The Morgan fingerprint density at radius 1 is 1.17 bits per heavy atom. The Kier molecular flexibility index (Phi) is 10.5. The van der Waals surface area contributed by atoms with E-state index in [0.717, 1.165) is 50.5 Å². The molecule has 2 aromatic rings. The average Bonchev–Trinajstić information content (AvgIpc) is 3.38. The molecule has 0 unspecified atom stereocenters. The lowest BCUT2D eigenvalue weighted by Crippen LogP contribution is -2.38. The van der Waals surface area contributed by atoms with Gasteiger partial charge in [0, 0.05) is 32.1 Å². The molecule has 0 aliphatic heterocycles. The molecule has 1 aliphatic rings. The van der Waals surface area contributed by atoms with E-state index in [1.54, 1.807) is 6.26 Å². The van der Waals surface area contributed by atoms with Crippen molar-refractivity contribution in [2.45, 2.75) is 38.6 Å². The van der Waals surface area contributed by atoms with Crippen molar-refractivity contribution < 1.29 is 13.9 Å². The van der Waals surface area contributed by atoms with Crippen LogP contribution in [0.2, 0.25) is 0 Å². The van der Waals surface area contributed by atoms with Gasteiger partial charge in [-0.25, -0.2) is 0 Å². The van der Waals surface area contributed by atoms with Gasteiger partial charge >= 0.3 is 0 Å². The Morgan fingerprint density at radius 3 is 2.63 bits per heavy atom. The van der Waals surface area contributed by atoms with Gasteiger partial charge in [0.25, 0.3) is 5.91 Å². The maximum absolute atomic E-state index is 11.7. The number of halogens is 1. The van der Waals surface area contributed by atoms with Crippen LogP contribution >= 0.6 is 24.0 Å². The summed E-state index contributed by atoms with van der Waals surface area (Å²) in [7, 11) is 0. The first kappa shape index (κ1) is 24.0. The van der Waals surface area contributed by atoms with Crippen LogP contribution in [0.15, 0.2) is 52.1 Å². The summed E-state index contributed by atoms with van der Waals surface area (Å²) in [5.74, 6) is 2.40. The van der Waals surface area contributed by atoms with Gasteiger partial charge in [-0.3, -0.25) is 9.79 Å². The number of ether oxygens (including phenoxy) is 1. The number of hydrogen-bond acceptors (Lipinski definition) is 4. The zero-order valence-electron chi connectivity index (χ0n) is 17.4. The summed E-state index contributed by atoms with van der Waals surface area (Å²) in [6, 6.07) is 12.1. The molecule has 1 aromatic carbocycles. The van der Waals surface area contributed by atoms with E-state index >= 15 is 0 Å².